The number of aryl methyl sites for hydroxylation is 1. The first-order chi connectivity index (χ1) is 16.9. The second-order valence-electron chi connectivity index (χ2n) is 8.24. The fraction of sp³-hybridized carbons (Fsp3) is 0.261. The molecule has 10 nitrogen and oxygen atoms in total. The van der Waals surface area contributed by atoms with Gasteiger partial charge in [-0.15, -0.1) is 0 Å². The fourth-order valence-corrected chi connectivity index (χ4v) is 4.11. The number of amides is 2. The maximum absolute atomic E-state index is 13.4. The topological polar surface area (TPSA) is 113 Å². The number of halogens is 2. The summed E-state index contributed by atoms with van der Waals surface area (Å²) in [4.78, 5) is 25.4. The first-order valence-corrected chi connectivity index (χ1v) is 11.0. The molecule has 2 aliphatic heterocycles. The SMILES string of the molecule is Cc1cc(NC(=O)COc2ccc(F)cc2)n(C2NC(=O)C3CNN(c4ccc(F)cc4)C3N2)n1. The maximum atomic E-state index is 13.4. The number of benzene rings is 2. The van der Waals surface area contributed by atoms with Crippen molar-refractivity contribution < 1.29 is 23.1 Å². The molecule has 12 heteroatoms. The van der Waals surface area contributed by atoms with Gasteiger partial charge in [0.15, 0.2) is 12.9 Å². The Kier molecular flexibility index (Phi) is 6.05. The smallest absolute Gasteiger partial charge is 0.263 e. The Morgan fingerprint density at radius 2 is 1.83 bits per heavy atom. The van der Waals surface area contributed by atoms with Crippen molar-refractivity contribution >= 4 is 23.3 Å². The van der Waals surface area contributed by atoms with Crippen LogP contribution >= 0.6 is 0 Å². The lowest BCUT2D eigenvalue weighted by molar-refractivity contribution is -0.129. The molecule has 1 aromatic heterocycles. The van der Waals surface area contributed by atoms with Crippen LogP contribution in [0.3, 0.4) is 0 Å². The van der Waals surface area contributed by atoms with Crippen LogP contribution in [0.1, 0.15) is 12.0 Å². The van der Waals surface area contributed by atoms with Crippen molar-refractivity contribution in [3.8, 4) is 5.75 Å². The Hall–Kier alpha value is -4.03. The monoisotopic (exact) mass is 483 g/mol. The predicted molar refractivity (Wildman–Crippen MR) is 122 cm³/mol. The van der Waals surface area contributed by atoms with Gasteiger partial charge in [-0.1, -0.05) is 0 Å². The van der Waals surface area contributed by atoms with E-state index in [0.717, 1.165) is 0 Å². The third-order valence-corrected chi connectivity index (χ3v) is 5.74. The molecule has 2 aliphatic rings. The van der Waals surface area contributed by atoms with Crippen LogP contribution in [0.15, 0.2) is 54.6 Å². The number of carbonyl (C=O) groups is 2. The molecule has 3 heterocycles. The number of fused-ring (bicyclic) bond motifs is 1. The van der Waals surface area contributed by atoms with Crippen molar-refractivity contribution in [2.24, 2.45) is 5.92 Å². The Balaban J connectivity index is 1.30. The van der Waals surface area contributed by atoms with Crippen LogP contribution in [0.4, 0.5) is 20.3 Å². The third kappa shape index (κ3) is 4.79. The van der Waals surface area contributed by atoms with E-state index in [4.69, 9.17) is 4.74 Å². The zero-order valence-electron chi connectivity index (χ0n) is 18.7. The Morgan fingerprint density at radius 1 is 1.14 bits per heavy atom. The predicted octanol–water partition coefficient (Wildman–Crippen LogP) is 1.63. The molecule has 0 saturated carbocycles. The van der Waals surface area contributed by atoms with Gasteiger partial charge < -0.3 is 15.4 Å². The van der Waals surface area contributed by atoms with E-state index in [0.29, 0.717) is 29.5 Å². The molecule has 2 fully saturated rings. The molecule has 5 rings (SSSR count). The molecular weight excluding hydrogens is 460 g/mol. The fourth-order valence-electron chi connectivity index (χ4n) is 4.11. The molecule has 0 bridgehead atoms. The largest absolute Gasteiger partial charge is 0.484 e. The second-order valence-corrected chi connectivity index (χ2v) is 8.24. The van der Waals surface area contributed by atoms with Crippen LogP contribution in [-0.4, -0.2) is 40.9 Å². The average Bonchev–Trinajstić information content (AvgIpc) is 3.43. The van der Waals surface area contributed by atoms with E-state index in [1.54, 1.807) is 30.1 Å². The Morgan fingerprint density at radius 3 is 2.54 bits per heavy atom. The molecule has 3 atom stereocenters. The Labute approximate surface area is 199 Å². The molecule has 2 saturated heterocycles. The molecule has 0 spiro atoms. The van der Waals surface area contributed by atoms with Gasteiger partial charge in [0.25, 0.3) is 5.91 Å². The highest BCUT2D eigenvalue weighted by Gasteiger charge is 2.45. The number of carbonyl (C=O) groups excluding carboxylic acids is 2. The lowest BCUT2D eigenvalue weighted by Gasteiger charge is -2.37. The molecule has 3 aromatic rings. The van der Waals surface area contributed by atoms with Crippen molar-refractivity contribution in [1.29, 1.82) is 0 Å². The third-order valence-electron chi connectivity index (χ3n) is 5.74. The van der Waals surface area contributed by atoms with E-state index in [9.17, 15) is 18.4 Å². The zero-order valence-corrected chi connectivity index (χ0v) is 18.7. The second kappa shape index (κ2) is 9.31. The highest BCUT2D eigenvalue weighted by molar-refractivity contribution is 5.91. The minimum atomic E-state index is -0.756. The lowest BCUT2D eigenvalue weighted by Crippen LogP contribution is -2.61. The number of hydrogen-bond acceptors (Lipinski definition) is 7. The number of nitrogens with zero attached hydrogens (tertiary/aromatic N) is 3. The van der Waals surface area contributed by atoms with Crippen molar-refractivity contribution in [2.45, 2.75) is 19.4 Å². The summed E-state index contributed by atoms with van der Waals surface area (Å²) in [6.45, 7) is 1.86. The summed E-state index contributed by atoms with van der Waals surface area (Å²) in [6, 6.07) is 13.0. The summed E-state index contributed by atoms with van der Waals surface area (Å²) < 4.78 is 33.3. The number of anilines is 2. The number of nitrogens with one attached hydrogen (secondary N) is 4. The molecule has 35 heavy (non-hydrogen) atoms. The maximum Gasteiger partial charge on any atom is 0.263 e. The summed E-state index contributed by atoms with van der Waals surface area (Å²) in [5, 5.41) is 15.2. The van der Waals surface area contributed by atoms with Gasteiger partial charge in [-0.3, -0.25) is 19.9 Å². The number of hydrogen-bond donors (Lipinski definition) is 4. The summed E-state index contributed by atoms with van der Waals surface area (Å²) in [7, 11) is 0. The standard InChI is InChI=1S/C23H23F2N7O3/c1-13-10-19(27-20(33)12-35-17-8-4-15(25)5-9-17)32(30-13)23-28-21-18(22(34)29-23)11-26-31(21)16-6-2-14(24)3-7-16/h2-10,18,21,23,26,28H,11-12H2,1H3,(H,27,33)(H,29,34). The van der Waals surface area contributed by atoms with Gasteiger partial charge in [-0.05, 0) is 55.5 Å². The van der Waals surface area contributed by atoms with E-state index < -0.39 is 30.1 Å². The number of aromatic nitrogens is 2. The summed E-state index contributed by atoms with van der Waals surface area (Å²) >= 11 is 0. The molecule has 2 aromatic carbocycles. The number of ether oxygens (including phenoxy) is 1. The van der Waals surface area contributed by atoms with Gasteiger partial charge in [0.2, 0.25) is 5.91 Å². The summed E-state index contributed by atoms with van der Waals surface area (Å²) in [5.41, 5.74) is 4.49. The van der Waals surface area contributed by atoms with Crippen molar-refractivity contribution in [3.05, 3.63) is 71.9 Å². The zero-order chi connectivity index (χ0) is 24.5. The molecule has 4 N–H and O–H groups in total. The first-order valence-electron chi connectivity index (χ1n) is 11.0. The summed E-state index contributed by atoms with van der Waals surface area (Å²) in [6.07, 6.45) is -1.19. The van der Waals surface area contributed by atoms with E-state index in [-0.39, 0.29) is 18.3 Å². The molecule has 3 unspecified atom stereocenters. The molecule has 2 amide bonds. The van der Waals surface area contributed by atoms with E-state index in [2.05, 4.69) is 26.5 Å². The van der Waals surface area contributed by atoms with Crippen molar-refractivity contribution in [3.63, 3.8) is 0 Å². The van der Waals surface area contributed by atoms with E-state index >= 15 is 0 Å². The number of hydrazine groups is 1. The highest BCUT2D eigenvalue weighted by atomic mass is 19.1. The van der Waals surface area contributed by atoms with Gasteiger partial charge in [0.1, 0.15) is 29.4 Å². The average molecular weight is 483 g/mol. The molecular formula is C23H23F2N7O3. The van der Waals surface area contributed by atoms with Crippen LogP contribution in [0.2, 0.25) is 0 Å². The number of rotatable bonds is 6. The lowest BCUT2D eigenvalue weighted by atomic mass is 10.0. The minimum Gasteiger partial charge on any atom is -0.484 e. The van der Waals surface area contributed by atoms with Crippen LogP contribution < -0.4 is 31.1 Å². The Bertz CT molecular complexity index is 1230. The van der Waals surface area contributed by atoms with Gasteiger partial charge in [-0.2, -0.15) is 5.10 Å². The quantitative estimate of drug-likeness (QED) is 0.422. The molecule has 0 aliphatic carbocycles. The van der Waals surface area contributed by atoms with Gasteiger partial charge >= 0.3 is 0 Å². The van der Waals surface area contributed by atoms with E-state index in [1.807, 2.05) is 0 Å². The first kappa shape index (κ1) is 22.7. The van der Waals surface area contributed by atoms with Crippen LogP contribution in [-0.2, 0) is 9.59 Å². The van der Waals surface area contributed by atoms with Crippen LogP contribution in [0, 0.1) is 24.5 Å². The minimum absolute atomic E-state index is 0.194. The van der Waals surface area contributed by atoms with Crippen molar-refractivity contribution in [2.75, 3.05) is 23.5 Å². The normalized spacial score (nSPS) is 21.4. The van der Waals surface area contributed by atoms with Gasteiger partial charge in [0.05, 0.1) is 17.3 Å². The van der Waals surface area contributed by atoms with E-state index in [1.165, 1.54) is 41.1 Å². The molecule has 182 valence electrons. The van der Waals surface area contributed by atoms with Crippen molar-refractivity contribution in [1.82, 2.24) is 25.8 Å². The van der Waals surface area contributed by atoms with Crippen LogP contribution in [0.25, 0.3) is 0 Å². The van der Waals surface area contributed by atoms with Gasteiger partial charge in [0, 0.05) is 12.6 Å². The molecule has 0 radical (unpaired) electrons. The van der Waals surface area contributed by atoms with Gasteiger partial charge in [-0.25, -0.2) is 18.9 Å². The highest BCUT2D eigenvalue weighted by Crippen LogP contribution is 2.28. The summed E-state index contributed by atoms with van der Waals surface area (Å²) in [5.74, 6) is -1.09. The van der Waals surface area contributed by atoms with Crippen LogP contribution in [0.5, 0.6) is 5.75 Å².